The van der Waals surface area contributed by atoms with Gasteiger partial charge in [0.1, 0.15) is 13.2 Å². The van der Waals surface area contributed by atoms with Gasteiger partial charge >= 0.3 is 0 Å². The molecule has 0 N–H and O–H groups in total. The number of hydrogen-bond donors (Lipinski definition) is 0. The van der Waals surface area contributed by atoms with Gasteiger partial charge in [-0.25, -0.2) is 4.98 Å². The summed E-state index contributed by atoms with van der Waals surface area (Å²) in [4.78, 5) is 19.8. The molecule has 0 aliphatic carbocycles. The fourth-order valence-electron chi connectivity index (χ4n) is 4.29. The summed E-state index contributed by atoms with van der Waals surface area (Å²) in [5, 5.41) is 2.06. The molecule has 1 saturated heterocycles. The van der Waals surface area contributed by atoms with Crippen molar-refractivity contribution in [3.63, 3.8) is 0 Å². The van der Waals surface area contributed by atoms with Crippen LogP contribution in [0.4, 0.5) is 0 Å². The normalized spacial score (nSPS) is 18.0. The summed E-state index contributed by atoms with van der Waals surface area (Å²) in [6.07, 6.45) is 1.99. The molecule has 1 fully saturated rings. The maximum atomic E-state index is 13.1. The van der Waals surface area contributed by atoms with Gasteiger partial charge in [-0.15, -0.1) is 0 Å². The van der Waals surface area contributed by atoms with Crippen molar-refractivity contribution in [2.75, 3.05) is 25.5 Å². The lowest BCUT2D eigenvalue weighted by Crippen LogP contribution is -2.32. The Bertz CT molecular complexity index is 1100. The van der Waals surface area contributed by atoms with E-state index in [9.17, 15) is 4.79 Å². The van der Waals surface area contributed by atoms with Crippen LogP contribution in [0.3, 0.4) is 0 Å². The molecule has 0 bridgehead atoms. The number of rotatable bonds is 4. The summed E-state index contributed by atoms with van der Waals surface area (Å²) in [7, 11) is 0. The van der Waals surface area contributed by atoms with Crippen LogP contribution in [0, 0.1) is 6.92 Å². The van der Waals surface area contributed by atoms with E-state index in [4.69, 9.17) is 14.5 Å². The standard InChI is InChI=1S/C24H24N2O3S/c1-16-13-23(25-19-6-3-2-5-18(16)19)30-15-24(27)26-10-4-7-20(26)17-8-9-21-22(14-17)29-12-11-28-21/h2-3,5-6,8-9,13-14,20H,4,7,10-12,15H2,1H3/t20-/m1/s1. The van der Waals surface area contributed by atoms with Gasteiger partial charge in [0.05, 0.1) is 22.3 Å². The minimum absolute atomic E-state index is 0.0974. The van der Waals surface area contributed by atoms with Crippen molar-refractivity contribution in [1.29, 1.82) is 0 Å². The Morgan fingerprint density at radius 3 is 2.87 bits per heavy atom. The second-order valence-corrected chi connectivity index (χ2v) is 8.73. The molecule has 6 heteroatoms. The zero-order valence-corrected chi connectivity index (χ0v) is 17.8. The summed E-state index contributed by atoms with van der Waals surface area (Å²) in [6, 6.07) is 16.3. The first kappa shape index (κ1) is 19.2. The summed E-state index contributed by atoms with van der Waals surface area (Å²) >= 11 is 1.52. The summed E-state index contributed by atoms with van der Waals surface area (Å²) in [5.41, 5.74) is 3.28. The molecule has 1 amide bonds. The van der Waals surface area contributed by atoms with E-state index in [1.54, 1.807) is 0 Å². The molecule has 3 aromatic rings. The predicted octanol–water partition coefficient (Wildman–Crippen LogP) is 4.77. The number of thioether (sulfide) groups is 1. The lowest BCUT2D eigenvalue weighted by Gasteiger charge is -2.26. The maximum Gasteiger partial charge on any atom is 0.233 e. The zero-order chi connectivity index (χ0) is 20.5. The Labute approximate surface area is 180 Å². The maximum absolute atomic E-state index is 13.1. The Morgan fingerprint density at radius 2 is 1.97 bits per heavy atom. The van der Waals surface area contributed by atoms with E-state index in [1.165, 1.54) is 17.3 Å². The van der Waals surface area contributed by atoms with Crippen molar-refractivity contribution < 1.29 is 14.3 Å². The lowest BCUT2D eigenvalue weighted by atomic mass is 10.0. The van der Waals surface area contributed by atoms with E-state index in [0.29, 0.717) is 19.0 Å². The molecule has 2 aromatic carbocycles. The van der Waals surface area contributed by atoms with Gasteiger partial charge in [-0.1, -0.05) is 36.0 Å². The van der Waals surface area contributed by atoms with Gasteiger partial charge in [-0.2, -0.15) is 0 Å². The number of pyridine rings is 1. The molecule has 0 spiro atoms. The van der Waals surface area contributed by atoms with Crippen LogP contribution in [-0.2, 0) is 4.79 Å². The summed E-state index contributed by atoms with van der Waals surface area (Å²) in [6.45, 7) is 4.04. The molecular formula is C24H24N2O3S. The molecule has 30 heavy (non-hydrogen) atoms. The van der Waals surface area contributed by atoms with Crippen LogP contribution in [0.2, 0.25) is 0 Å². The minimum Gasteiger partial charge on any atom is -0.486 e. The Hall–Kier alpha value is -2.73. The lowest BCUT2D eigenvalue weighted by molar-refractivity contribution is -0.129. The third-order valence-corrected chi connectivity index (χ3v) is 6.66. The number of benzene rings is 2. The highest BCUT2D eigenvalue weighted by Crippen LogP contribution is 2.38. The largest absolute Gasteiger partial charge is 0.486 e. The highest BCUT2D eigenvalue weighted by molar-refractivity contribution is 7.99. The number of amides is 1. The van der Waals surface area contributed by atoms with Crippen LogP contribution in [0.1, 0.15) is 30.0 Å². The molecule has 1 atom stereocenters. The molecule has 0 saturated carbocycles. The van der Waals surface area contributed by atoms with Gasteiger partial charge in [0.25, 0.3) is 0 Å². The SMILES string of the molecule is Cc1cc(SCC(=O)N2CCC[C@@H]2c2ccc3c(c2)OCCO3)nc2ccccc12. The minimum atomic E-state index is 0.0974. The molecule has 5 nitrogen and oxygen atoms in total. The highest BCUT2D eigenvalue weighted by atomic mass is 32.2. The summed E-state index contributed by atoms with van der Waals surface area (Å²) in [5.74, 6) is 2.12. The average molecular weight is 421 g/mol. The van der Waals surface area contributed by atoms with Crippen molar-refractivity contribution in [2.45, 2.75) is 30.8 Å². The van der Waals surface area contributed by atoms with E-state index in [1.807, 2.05) is 35.2 Å². The summed E-state index contributed by atoms with van der Waals surface area (Å²) < 4.78 is 11.4. The fourth-order valence-corrected chi connectivity index (χ4v) is 5.15. The zero-order valence-electron chi connectivity index (χ0n) is 17.0. The van der Waals surface area contributed by atoms with Crippen molar-refractivity contribution in [3.8, 4) is 11.5 Å². The first-order valence-electron chi connectivity index (χ1n) is 10.4. The monoisotopic (exact) mass is 420 g/mol. The smallest absolute Gasteiger partial charge is 0.233 e. The van der Waals surface area contributed by atoms with Gasteiger partial charge in [0.15, 0.2) is 11.5 Å². The Kier molecular flexibility index (Phi) is 5.25. The van der Waals surface area contributed by atoms with Crippen LogP contribution < -0.4 is 9.47 Å². The van der Waals surface area contributed by atoms with Gasteiger partial charge in [0.2, 0.25) is 5.91 Å². The van der Waals surface area contributed by atoms with Crippen LogP contribution in [-0.4, -0.2) is 41.3 Å². The first-order chi connectivity index (χ1) is 14.7. The van der Waals surface area contributed by atoms with Crippen molar-refractivity contribution in [2.24, 2.45) is 0 Å². The number of hydrogen-bond acceptors (Lipinski definition) is 5. The second kappa shape index (κ2) is 8.19. The van der Waals surface area contributed by atoms with Crippen LogP contribution in [0.5, 0.6) is 11.5 Å². The van der Waals surface area contributed by atoms with E-state index in [-0.39, 0.29) is 11.9 Å². The number of ether oxygens (including phenoxy) is 2. The highest BCUT2D eigenvalue weighted by Gasteiger charge is 2.30. The number of aromatic nitrogens is 1. The predicted molar refractivity (Wildman–Crippen MR) is 118 cm³/mol. The molecule has 3 heterocycles. The molecule has 5 rings (SSSR count). The quantitative estimate of drug-likeness (QED) is 0.569. The molecule has 154 valence electrons. The van der Waals surface area contributed by atoms with E-state index in [0.717, 1.165) is 52.4 Å². The van der Waals surface area contributed by atoms with Gasteiger partial charge < -0.3 is 14.4 Å². The Morgan fingerprint density at radius 1 is 1.13 bits per heavy atom. The van der Waals surface area contributed by atoms with Crippen LogP contribution in [0.15, 0.2) is 53.6 Å². The van der Waals surface area contributed by atoms with E-state index >= 15 is 0 Å². The van der Waals surface area contributed by atoms with Crippen molar-refractivity contribution >= 4 is 28.6 Å². The van der Waals surface area contributed by atoms with Gasteiger partial charge in [-0.3, -0.25) is 4.79 Å². The third kappa shape index (κ3) is 3.72. The number of para-hydroxylation sites is 1. The molecular weight excluding hydrogens is 396 g/mol. The third-order valence-electron chi connectivity index (χ3n) is 5.77. The molecule has 1 aromatic heterocycles. The number of carbonyl (C=O) groups is 1. The fraction of sp³-hybridized carbons (Fsp3) is 0.333. The number of nitrogens with zero attached hydrogens (tertiary/aromatic N) is 2. The van der Waals surface area contributed by atoms with Crippen molar-refractivity contribution in [1.82, 2.24) is 9.88 Å². The van der Waals surface area contributed by atoms with Crippen molar-refractivity contribution in [3.05, 3.63) is 59.7 Å². The molecule has 0 unspecified atom stereocenters. The molecule has 2 aliphatic rings. The molecule has 2 aliphatic heterocycles. The van der Waals surface area contributed by atoms with E-state index in [2.05, 4.69) is 25.1 Å². The first-order valence-corrected chi connectivity index (χ1v) is 11.4. The van der Waals surface area contributed by atoms with E-state index < -0.39 is 0 Å². The van der Waals surface area contributed by atoms with Crippen LogP contribution in [0.25, 0.3) is 10.9 Å². The number of fused-ring (bicyclic) bond motifs is 2. The molecule has 0 radical (unpaired) electrons. The number of likely N-dealkylation sites (tertiary alicyclic amines) is 1. The van der Waals surface area contributed by atoms with Crippen LogP contribution >= 0.6 is 11.8 Å². The number of carbonyl (C=O) groups excluding carboxylic acids is 1. The number of aryl methyl sites for hydroxylation is 1. The topological polar surface area (TPSA) is 51.7 Å². The van der Waals surface area contributed by atoms with Gasteiger partial charge in [0, 0.05) is 11.9 Å². The Balaban J connectivity index is 1.30. The van der Waals surface area contributed by atoms with Gasteiger partial charge in [-0.05, 0) is 55.2 Å². The second-order valence-electron chi connectivity index (χ2n) is 7.73. The average Bonchev–Trinajstić information content (AvgIpc) is 3.27.